The van der Waals surface area contributed by atoms with E-state index in [9.17, 15) is 9.59 Å². The summed E-state index contributed by atoms with van der Waals surface area (Å²) in [4.78, 5) is 29.5. The molecule has 1 saturated heterocycles. The fourth-order valence-electron chi connectivity index (χ4n) is 2.79. The van der Waals surface area contributed by atoms with E-state index in [-0.39, 0.29) is 18.4 Å². The van der Waals surface area contributed by atoms with Gasteiger partial charge >= 0.3 is 5.97 Å². The van der Waals surface area contributed by atoms with E-state index in [0.29, 0.717) is 24.3 Å². The van der Waals surface area contributed by atoms with Crippen molar-refractivity contribution in [1.29, 1.82) is 0 Å². The lowest BCUT2D eigenvalue weighted by Gasteiger charge is -2.36. The Morgan fingerprint density at radius 1 is 1.48 bits per heavy atom. The number of hydrogen-bond donors (Lipinski definition) is 2. The van der Waals surface area contributed by atoms with Crippen LogP contribution in [0.2, 0.25) is 0 Å². The Morgan fingerprint density at radius 2 is 2.29 bits per heavy atom. The van der Waals surface area contributed by atoms with Crippen LogP contribution in [-0.4, -0.2) is 46.5 Å². The highest BCUT2D eigenvalue weighted by Crippen LogP contribution is 2.24. The van der Waals surface area contributed by atoms with E-state index in [2.05, 4.69) is 10.3 Å². The number of carbonyl (C=O) groups is 2. The molecule has 0 saturated carbocycles. The third-order valence-corrected chi connectivity index (χ3v) is 3.85. The topological polar surface area (TPSA) is 82.5 Å². The van der Waals surface area contributed by atoms with Gasteiger partial charge in [-0.1, -0.05) is 0 Å². The molecule has 6 heteroatoms. The fourth-order valence-corrected chi connectivity index (χ4v) is 2.79. The Labute approximate surface area is 124 Å². The molecule has 0 bridgehead atoms. The van der Waals surface area contributed by atoms with Crippen LogP contribution in [0, 0.1) is 0 Å². The second-order valence-corrected chi connectivity index (χ2v) is 5.23. The standard InChI is InChI=1S/C15H21N3O3/c1-16-14-12(6-4-9-17-14)15(21)18-10-3-2-5-11(18)7-8-13(19)20/h4,6,9,11H,2-3,5,7-8,10H2,1H3,(H,16,17)(H,19,20). The first-order chi connectivity index (χ1) is 10.1. The maximum atomic E-state index is 12.7. The van der Waals surface area contributed by atoms with Crippen LogP contribution in [0.5, 0.6) is 0 Å². The van der Waals surface area contributed by atoms with Gasteiger partial charge in [0, 0.05) is 32.3 Å². The van der Waals surface area contributed by atoms with E-state index >= 15 is 0 Å². The minimum absolute atomic E-state index is 0.00672. The monoisotopic (exact) mass is 291 g/mol. The molecule has 0 radical (unpaired) electrons. The number of rotatable bonds is 5. The van der Waals surface area contributed by atoms with Crippen LogP contribution in [0.25, 0.3) is 0 Å². The SMILES string of the molecule is CNc1ncccc1C(=O)N1CCCCC1CCC(=O)O. The molecule has 1 amide bonds. The molecule has 0 spiro atoms. The maximum absolute atomic E-state index is 12.7. The number of aromatic nitrogens is 1. The summed E-state index contributed by atoms with van der Waals surface area (Å²) in [5.74, 6) is -0.321. The molecule has 2 heterocycles. The maximum Gasteiger partial charge on any atom is 0.303 e. The number of piperidine rings is 1. The van der Waals surface area contributed by atoms with Crippen molar-refractivity contribution in [2.45, 2.75) is 38.1 Å². The molecule has 1 unspecified atom stereocenters. The van der Waals surface area contributed by atoms with Gasteiger partial charge in [0.15, 0.2) is 0 Å². The largest absolute Gasteiger partial charge is 0.481 e. The zero-order chi connectivity index (χ0) is 15.2. The summed E-state index contributed by atoms with van der Waals surface area (Å²) in [5.41, 5.74) is 0.544. The molecular formula is C15H21N3O3. The summed E-state index contributed by atoms with van der Waals surface area (Å²) >= 11 is 0. The number of nitrogens with zero attached hydrogens (tertiary/aromatic N) is 2. The van der Waals surface area contributed by atoms with Gasteiger partial charge in [0.25, 0.3) is 5.91 Å². The van der Waals surface area contributed by atoms with Gasteiger partial charge in [-0.05, 0) is 37.8 Å². The van der Waals surface area contributed by atoms with Crippen molar-refractivity contribution in [2.24, 2.45) is 0 Å². The third kappa shape index (κ3) is 3.71. The third-order valence-electron chi connectivity index (χ3n) is 3.85. The molecule has 1 atom stereocenters. The Kier molecular flexibility index (Phi) is 5.14. The summed E-state index contributed by atoms with van der Waals surface area (Å²) < 4.78 is 0. The van der Waals surface area contributed by atoms with E-state index in [1.165, 1.54) is 0 Å². The first-order valence-electron chi connectivity index (χ1n) is 7.29. The number of nitrogens with one attached hydrogen (secondary N) is 1. The van der Waals surface area contributed by atoms with Crippen molar-refractivity contribution in [3.05, 3.63) is 23.9 Å². The molecule has 0 aliphatic carbocycles. The van der Waals surface area contributed by atoms with E-state index in [1.54, 1.807) is 25.4 Å². The van der Waals surface area contributed by atoms with Gasteiger partial charge in [-0.25, -0.2) is 4.98 Å². The summed E-state index contributed by atoms with van der Waals surface area (Å²) in [6.45, 7) is 0.682. The zero-order valence-corrected chi connectivity index (χ0v) is 12.2. The second kappa shape index (κ2) is 7.06. The number of amides is 1. The minimum Gasteiger partial charge on any atom is -0.481 e. The van der Waals surface area contributed by atoms with Crippen molar-refractivity contribution in [1.82, 2.24) is 9.88 Å². The number of aliphatic carboxylic acids is 1. The first kappa shape index (κ1) is 15.3. The smallest absolute Gasteiger partial charge is 0.303 e. The lowest BCUT2D eigenvalue weighted by Crippen LogP contribution is -2.44. The number of carbonyl (C=O) groups excluding carboxylic acids is 1. The normalized spacial score (nSPS) is 18.3. The summed E-state index contributed by atoms with van der Waals surface area (Å²) in [6.07, 6.45) is 5.12. The first-order valence-corrected chi connectivity index (χ1v) is 7.29. The summed E-state index contributed by atoms with van der Waals surface area (Å²) in [7, 11) is 1.73. The highest BCUT2D eigenvalue weighted by Gasteiger charge is 2.29. The van der Waals surface area contributed by atoms with Gasteiger partial charge in [0.1, 0.15) is 5.82 Å². The Balaban J connectivity index is 2.16. The number of anilines is 1. The van der Waals surface area contributed by atoms with E-state index in [4.69, 9.17) is 5.11 Å². The molecule has 2 N–H and O–H groups in total. The van der Waals surface area contributed by atoms with Crippen LogP contribution in [0.15, 0.2) is 18.3 Å². The summed E-state index contributed by atoms with van der Waals surface area (Å²) in [5, 5.41) is 11.8. The number of carboxylic acid groups (broad SMARTS) is 1. The van der Waals surface area contributed by atoms with Crippen LogP contribution in [0.4, 0.5) is 5.82 Å². The predicted molar refractivity (Wildman–Crippen MR) is 79.3 cm³/mol. The molecule has 1 aliphatic rings. The van der Waals surface area contributed by atoms with Gasteiger partial charge < -0.3 is 15.3 Å². The van der Waals surface area contributed by atoms with Gasteiger partial charge in [0.2, 0.25) is 0 Å². The molecule has 114 valence electrons. The highest BCUT2D eigenvalue weighted by molar-refractivity contribution is 5.98. The minimum atomic E-state index is -0.815. The van der Waals surface area contributed by atoms with E-state index < -0.39 is 5.97 Å². The van der Waals surface area contributed by atoms with E-state index in [0.717, 1.165) is 19.3 Å². The second-order valence-electron chi connectivity index (χ2n) is 5.23. The molecular weight excluding hydrogens is 270 g/mol. The van der Waals surface area contributed by atoms with Gasteiger partial charge in [0.05, 0.1) is 5.56 Å². The van der Waals surface area contributed by atoms with Gasteiger partial charge in [-0.3, -0.25) is 9.59 Å². The van der Waals surface area contributed by atoms with E-state index in [1.807, 2.05) is 4.90 Å². The number of hydrogen-bond acceptors (Lipinski definition) is 4. The highest BCUT2D eigenvalue weighted by atomic mass is 16.4. The Bertz CT molecular complexity index is 519. The lowest BCUT2D eigenvalue weighted by molar-refractivity contribution is -0.137. The van der Waals surface area contributed by atoms with Gasteiger partial charge in [-0.2, -0.15) is 0 Å². The Hall–Kier alpha value is -2.11. The van der Waals surface area contributed by atoms with Crippen molar-refractivity contribution in [3.63, 3.8) is 0 Å². The molecule has 1 aromatic rings. The van der Waals surface area contributed by atoms with Crippen LogP contribution in [0.1, 0.15) is 42.5 Å². The molecule has 1 aromatic heterocycles. The van der Waals surface area contributed by atoms with Crippen molar-refractivity contribution < 1.29 is 14.7 Å². The van der Waals surface area contributed by atoms with Crippen LogP contribution in [0.3, 0.4) is 0 Å². The van der Waals surface area contributed by atoms with Gasteiger partial charge in [-0.15, -0.1) is 0 Å². The molecule has 21 heavy (non-hydrogen) atoms. The number of likely N-dealkylation sites (tertiary alicyclic amines) is 1. The van der Waals surface area contributed by atoms with Crippen LogP contribution >= 0.6 is 0 Å². The molecule has 6 nitrogen and oxygen atoms in total. The molecule has 1 fully saturated rings. The fraction of sp³-hybridized carbons (Fsp3) is 0.533. The Morgan fingerprint density at radius 3 is 3.00 bits per heavy atom. The predicted octanol–water partition coefficient (Wildman–Crippen LogP) is 1.98. The van der Waals surface area contributed by atoms with Crippen molar-refractivity contribution in [2.75, 3.05) is 18.9 Å². The quantitative estimate of drug-likeness (QED) is 0.867. The van der Waals surface area contributed by atoms with Crippen LogP contribution < -0.4 is 5.32 Å². The molecule has 1 aliphatic heterocycles. The number of carboxylic acids is 1. The van der Waals surface area contributed by atoms with Crippen LogP contribution in [-0.2, 0) is 4.79 Å². The average Bonchev–Trinajstić information content (AvgIpc) is 2.52. The average molecular weight is 291 g/mol. The summed E-state index contributed by atoms with van der Waals surface area (Å²) in [6, 6.07) is 3.50. The zero-order valence-electron chi connectivity index (χ0n) is 12.2. The van der Waals surface area contributed by atoms with Crippen molar-refractivity contribution in [3.8, 4) is 0 Å². The molecule has 2 rings (SSSR count). The lowest BCUT2D eigenvalue weighted by atomic mass is 9.97. The molecule has 0 aromatic carbocycles. The number of pyridine rings is 1. The van der Waals surface area contributed by atoms with Crippen molar-refractivity contribution >= 4 is 17.7 Å².